The average Bonchev–Trinajstić information content (AvgIpc) is 3.23. The second-order valence-electron chi connectivity index (χ2n) is 8.37. The van der Waals surface area contributed by atoms with E-state index in [9.17, 15) is 9.59 Å². The second kappa shape index (κ2) is 7.02. The number of carbonyl (C=O) groups excluding carboxylic acids is 2. The molecule has 0 aliphatic heterocycles. The summed E-state index contributed by atoms with van der Waals surface area (Å²) in [5.41, 5.74) is -0.0609. The minimum atomic E-state index is -0.212. The van der Waals surface area contributed by atoms with Crippen molar-refractivity contribution in [1.29, 1.82) is 0 Å². The topological polar surface area (TPSA) is 84.5 Å². The minimum absolute atomic E-state index is 0.0295. The fourth-order valence-electron chi connectivity index (χ4n) is 4.32. The maximum atomic E-state index is 12.3. The Labute approximate surface area is 153 Å². The Morgan fingerprint density at radius 3 is 2.23 bits per heavy atom. The van der Waals surface area contributed by atoms with E-state index in [1.54, 1.807) is 24.3 Å². The highest BCUT2D eigenvalue weighted by molar-refractivity contribution is 5.92. The summed E-state index contributed by atoms with van der Waals surface area (Å²) in [5.74, 6) is 0.225. The molecule has 2 atom stereocenters. The molecule has 0 aromatic carbocycles. The molecule has 2 N–H and O–H groups in total. The minimum Gasteiger partial charge on any atom is -0.459 e. The highest BCUT2D eigenvalue weighted by Gasteiger charge is 2.42. The van der Waals surface area contributed by atoms with Crippen LogP contribution in [0.4, 0.5) is 0 Å². The fourth-order valence-corrected chi connectivity index (χ4v) is 4.32. The van der Waals surface area contributed by atoms with Gasteiger partial charge in [0.25, 0.3) is 11.8 Å². The Morgan fingerprint density at radius 2 is 1.65 bits per heavy atom. The summed E-state index contributed by atoms with van der Waals surface area (Å²) in [4.78, 5) is 24.5. The molecule has 0 radical (unpaired) electrons. The van der Waals surface area contributed by atoms with E-state index in [2.05, 4.69) is 31.4 Å². The van der Waals surface area contributed by atoms with Gasteiger partial charge in [0.1, 0.15) is 0 Å². The van der Waals surface area contributed by atoms with E-state index in [-0.39, 0.29) is 28.7 Å². The van der Waals surface area contributed by atoms with Crippen molar-refractivity contribution in [2.45, 2.75) is 46.1 Å². The number of furan rings is 2. The van der Waals surface area contributed by atoms with Gasteiger partial charge in [-0.15, -0.1) is 0 Å². The highest BCUT2D eigenvalue weighted by atomic mass is 16.3. The lowest BCUT2D eigenvalue weighted by Gasteiger charge is -2.46. The molecule has 6 heteroatoms. The Morgan fingerprint density at radius 1 is 1.04 bits per heavy atom. The predicted molar refractivity (Wildman–Crippen MR) is 96.7 cm³/mol. The lowest BCUT2D eigenvalue weighted by atomic mass is 9.62. The lowest BCUT2D eigenvalue weighted by Crippen LogP contribution is -2.50. The van der Waals surface area contributed by atoms with Crippen LogP contribution in [0.1, 0.15) is 61.1 Å². The van der Waals surface area contributed by atoms with E-state index < -0.39 is 0 Å². The van der Waals surface area contributed by atoms with Gasteiger partial charge in [0, 0.05) is 12.6 Å². The van der Waals surface area contributed by atoms with Crippen molar-refractivity contribution < 1.29 is 18.4 Å². The first-order valence-corrected chi connectivity index (χ1v) is 8.93. The van der Waals surface area contributed by atoms with Gasteiger partial charge in [0.2, 0.25) is 0 Å². The van der Waals surface area contributed by atoms with Crippen molar-refractivity contribution >= 4 is 11.8 Å². The SMILES string of the molecule is CC1(C)C[C@H](NC(=O)c2ccco2)C[C@@](C)(CNC(=O)c2ccco2)C1. The standard InChI is InChI=1S/C20H26N2O4/c1-19(2)10-14(22-18(24)16-7-5-9-26-16)11-20(3,12-19)13-21-17(23)15-6-4-8-25-15/h4-9,14H,10-13H2,1-3H3,(H,21,23)(H,22,24)/t14-,20+/m0/s1. The van der Waals surface area contributed by atoms with Crippen LogP contribution < -0.4 is 10.6 Å². The Balaban J connectivity index is 1.64. The molecule has 6 nitrogen and oxygen atoms in total. The normalized spacial score (nSPS) is 24.8. The molecule has 0 bridgehead atoms. The molecular weight excluding hydrogens is 332 g/mol. The first kappa shape index (κ1) is 18.3. The summed E-state index contributed by atoms with van der Waals surface area (Å²) in [6.45, 7) is 7.08. The van der Waals surface area contributed by atoms with Crippen LogP contribution in [0.2, 0.25) is 0 Å². The van der Waals surface area contributed by atoms with Crippen molar-refractivity contribution in [1.82, 2.24) is 10.6 Å². The molecule has 0 unspecified atom stereocenters. The van der Waals surface area contributed by atoms with Gasteiger partial charge in [-0.1, -0.05) is 20.8 Å². The van der Waals surface area contributed by atoms with Gasteiger partial charge < -0.3 is 19.5 Å². The molecule has 2 aromatic rings. The number of amides is 2. The maximum Gasteiger partial charge on any atom is 0.287 e. The molecular formula is C20H26N2O4. The van der Waals surface area contributed by atoms with Crippen LogP contribution in [0.5, 0.6) is 0 Å². The van der Waals surface area contributed by atoms with E-state index in [1.807, 2.05) is 0 Å². The van der Waals surface area contributed by atoms with Gasteiger partial charge in [-0.05, 0) is 54.4 Å². The zero-order valence-electron chi connectivity index (χ0n) is 15.5. The fraction of sp³-hybridized carbons (Fsp3) is 0.500. The molecule has 1 aliphatic carbocycles. The van der Waals surface area contributed by atoms with Gasteiger partial charge in [-0.25, -0.2) is 0 Å². The van der Waals surface area contributed by atoms with Gasteiger partial charge in [-0.3, -0.25) is 9.59 Å². The lowest BCUT2D eigenvalue weighted by molar-refractivity contribution is 0.0577. The molecule has 3 rings (SSSR count). The molecule has 1 aliphatic rings. The summed E-state index contributed by atoms with van der Waals surface area (Å²) in [7, 11) is 0. The molecule has 2 amide bonds. The van der Waals surface area contributed by atoms with Gasteiger partial charge in [-0.2, -0.15) is 0 Å². The highest BCUT2D eigenvalue weighted by Crippen LogP contribution is 2.45. The third-order valence-electron chi connectivity index (χ3n) is 4.94. The quantitative estimate of drug-likeness (QED) is 0.855. The van der Waals surface area contributed by atoms with Crippen molar-refractivity contribution in [3.63, 3.8) is 0 Å². The van der Waals surface area contributed by atoms with Crippen LogP contribution in [0.15, 0.2) is 45.6 Å². The predicted octanol–water partition coefficient (Wildman–Crippen LogP) is 3.62. The van der Waals surface area contributed by atoms with E-state index in [0.717, 1.165) is 19.3 Å². The van der Waals surface area contributed by atoms with E-state index >= 15 is 0 Å². The monoisotopic (exact) mass is 358 g/mol. The first-order chi connectivity index (χ1) is 12.3. The number of carbonyl (C=O) groups is 2. The zero-order valence-corrected chi connectivity index (χ0v) is 15.5. The summed E-state index contributed by atoms with van der Waals surface area (Å²) < 4.78 is 10.3. The van der Waals surface area contributed by atoms with Gasteiger partial charge in [0.05, 0.1) is 12.5 Å². The van der Waals surface area contributed by atoms with Crippen molar-refractivity contribution in [3.05, 3.63) is 48.3 Å². The molecule has 26 heavy (non-hydrogen) atoms. The average molecular weight is 358 g/mol. The third-order valence-corrected chi connectivity index (χ3v) is 4.94. The van der Waals surface area contributed by atoms with Crippen LogP contribution >= 0.6 is 0 Å². The molecule has 1 saturated carbocycles. The van der Waals surface area contributed by atoms with Crippen molar-refractivity contribution in [2.24, 2.45) is 10.8 Å². The van der Waals surface area contributed by atoms with Crippen LogP contribution in [0.3, 0.4) is 0 Å². The Bertz CT molecular complexity index is 749. The van der Waals surface area contributed by atoms with Gasteiger partial charge >= 0.3 is 0 Å². The maximum absolute atomic E-state index is 12.3. The van der Waals surface area contributed by atoms with Gasteiger partial charge in [0.15, 0.2) is 11.5 Å². The Hall–Kier alpha value is -2.50. The molecule has 0 spiro atoms. The molecule has 1 fully saturated rings. The van der Waals surface area contributed by atoms with E-state index in [0.29, 0.717) is 18.1 Å². The van der Waals surface area contributed by atoms with E-state index in [4.69, 9.17) is 8.83 Å². The number of nitrogens with one attached hydrogen (secondary N) is 2. The summed E-state index contributed by atoms with van der Waals surface area (Å²) in [6.07, 6.45) is 5.63. The van der Waals surface area contributed by atoms with Crippen LogP contribution in [0, 0.1) is 10.8 Å². The summed E-state index contributed by atoms with van der Waals surface area (Å²) in [6, 6.07) is 6.73. The third kappa shape index (κ3) is 4.36. The first-order valence-electron chi connectivity index (χ1n) is 8.93. The molecule has 2 aromatic heterocycles. The van der Waals surface area contributed by atoms with Crippen LogP contribution in [-0.2, 0) is 0 Å². The van der Waals surface area contributed by atoms with Crippen LogP contribution in [0.25, 0.3) is 0 Å². The number of hydrogen-bond donors (Lipinski definition) is 2. The summed E-state index contributed by atoms with van der Waals surface area (Å²) in [5, 5.41) is 6.05. The second-order valence-corrected chi connectivity index (χ2v) is 8.37. The van der Waals surface area contributed by atoms with E-state index in [1.165, 1.54) is 12.5 Å². The largest absolute Gasteiger partial charge is 0.459 e. The van der Waals surface area contributed by atoms with Crippen LogP contribution in [-0.4, -0.2) is 24.4 Å². The zero-order chi connectivity index (χ0) is 18.8. The molecule has 0 saturated heterocycles. The smallest absolute Gasteiger partial charge is 0.287 e. The number of hydrogen-bond acceptors (Lipinski definition) is 4. The summed E-state index contributed by atoms with van der Waals surface area (Å²) >= 11 is 0. The number of rotatable bonds is 5. The van der Waals surface area contributed by atoms with Crippen molar-refractivity contribution in [2.75, 3.05) is 6.54 Å². The molecule has 2 heterocycles. The van der Waals surface area contributed by atoms with Crippen molar-refractivity contribution in [3.8, 4) is 0 Å². The Kier molecular flexibility index (Phi) is 4.94. The molecule has 140 valence electrons.